The molecule has 0 aliphatic carbocycles. The van der Waals surface area contributed by atoms with Gasteiger partial charge in [-0.05, 0) is 17.5 Å². The largest absolute Gasteiger partial charge is 0.274 e. The lowest BCUT2D eigenvalue weighted by molar-refractivity contribution is -0.176. The summed E-state index contributed by atoms with van der Waals surface area (Å²) in [4.78, 5) is 18.0. The molecule has 0 radical (unpaired) electrons. The number of carbonyl (C=O) groups excluding carboxylic acids is 1. The Hall–Kier alpha value is -1.43. The standard InChI is InChI=1S/C21H25NO2S2/c1-24-22-20(16-26-14-18-10-6-3-7-11-18)12-19(21(22)23)15-25-13-17-8-4-2-5-9-17/h2-11,19-20H,12-16H2,1H3/t19-,20+/m1/s1. The van der Waals surface area contributed by atoms with E-state index >= 15 is 0 Å². The molecule has 26 heavy (non-hydrogen) atoms. The molecular weight excluding hydrogens is 362 g/mol. The molecule has 5 heteroatoms. The van der Waals surface area contributed by atoms with E-state index in [2.05, 4.69) is 48.5 Å². The number of amides is 1. The second kappa shape index (κ2) is 10.0. The topological polar surface area (TPSA) is 29.5 Å². The highest BCUT2D eigenvalue weighted by Crippen LogP contribution is 2.31. The average molecular weight is 388 g/mol. The van der Waals surface area contributed by atoms with Crippen LogP contribution in [0.1, 0.15) is 17.5 Å². The Kier molecular flexibility index (Phi) is 7.47. The summed E-state index contributed by atoms with van der Waals surface area (Å²) in [5, 5.41) is 1.60. The number of hydroxylamine groups is 2. The zero-order valence-electron chi connectivity index (χ0n) is 15.0. The first-order chi connectivity index (χ1) is 12.8. The molecule has 0 spiro atoms. The minimum Gasteiger partial charge on any atom is -0.274 e. The maximum atomic E-state index is 12.6. The summed E-state index contributed by atoms with van der Waals surface area (Å²) >= 11 is 3.70. The normalized spacial score (nSPS) is 19.9. The van der Waals surface area contributed by atoms with Crippen LogP contribution in [0.15, 0.2) is 60.7 Å². The molecule has 0 aromatic heterocycles. The van der Waals surface area contributed by atoms with Crippen molar-refractivity contribution in [1.29, 1.82) is 0 Å². The van der Waals surface area contributed by atoms with E-state index in [1.54, 1.807) is 12.2 Å². The van der Waals surface area contributed by atoms with Crippen LogP contribution >= 0.6 is 23.5 Å². The van der Waals surface area contributed by atoms with Gasteiger partial charge in [0.1, 0.15) is 0 Å². The van der Waals surface area contributed by atoms with Crippen LogP contribution in [-0.4, -0.2) is 35.6 Å². The van der Waals surface area contributed by atoms with E-state index < -0.39 is 0 Å². The molecule has 1 fully saturated rings. The molecule has 2 atom stereocenters. The molecule has 3 nitrogen and oxygen atoms in total. The minimum absolute atomic E-state index is 0.0611. The minimum atomic E-state index is 0.0611. The van der Waals surface area contributed by atoms with Crippen molar-refractivity contribution in [2.24, 2.45) is 5.92 Å². The van der Waals surface area contributed by atoms with E-state index in [-0.39, 0.29) is 17.9 Å². The van der Waals surface area contributed by atoms with Gasteiger partial charge in [0, 0.05) is 23.0 Å². The van der Waals surface area contributed by atoms with Crippen molar-refractivity contribution < 1.29 is 9.63 Å². The van der Waals surface area contributed by atoms with Crippen LogP contribution in [0.3, 0.4) is 0 Å². The van der Waals surface area contributed by atoms with Gasteiger partial charge in [0.25, 0.3) is 0 Å². The van der Waals surface area contributed by atoms with Gasteiger partial charge in [0.2, 0.25) is 5.91 Å². The van der Waals surface area contributed by atoms with Crippen molar-refractivity contribution in [3.63, 3.8) is 0 Å². The molecule has 2 aromatic rings. The number of hydrogen-bond donors (Lipinski definition) is 0. The monoisotopic (exact) mass is 387 g/mol. The molecule has 3 rings (SSSR count). The number of nitrogens with zero attached hydrogens (tertiary/aromatic N) is 1. The van der Waals surface area contributed by atoms with E-state index in [1.807, 2.05) is 35.7 Å². The number of thioether (sulfide) groups is 2. The Morgan fingerprint density at radius 2 is 1.46 bits per heavy atom. The highest BCUT2D eigenvalue weighted by molar-refractivity contribution is 7.98. The molecule has 0 unspecified atom stereocenters. The molecule has 0 N–H and O–H groups in total. The number of rotatable bonds is 9. The van der Waals surface area contributed by atoms with Crippen molar-refractivity contribution in [3.8, 4) is 0 Å². The van der Waals surface area contributed by atoms with Crippen LogP contribution in [-0.2, 0) is 21.1 Å². The Morgan fingerprint density at radius 3 is 2.00 bits per heavy atom. The molecule has 0 bridgehead atoms. The Labute approximate surface area is 164 Å². The van der Waals surface area contributed by atoms with Gasteiger partial charge < -0.3 is 0 Å². The van der Waals surface area contributed by atoms with Crippen LogP contribution in [0.5, 0.6) is 0 Å². The fraction of sp³-hybridized carbons (Fsp3) is 0.381. The van der Waals surface area contributed by atoms with Crippen molar-refractivity contribution in [3.05, 3.63) is 71.8 Å². The van der Waals surface area contributed by atoms with Crippen molar-refractivity contribution >= 4 is 29.4 Å². The average Bonchev–Trinajstić information content (AvgIpc) is 2.98. The highest BCUT2D eigenvalue weighted by atomic mass is 32.2. The SMILES string of the molecule is CON1C(=O)[C@@H](CSCc2ccccc2)C[C@H]1CSCc1ccccc1. The van der Waals surface area contributed by atoms with Gasteiger partial charge in [-0.2, -0.15) is 23.5 Å². The zero-order chi connectivity index (χ0) is 18.2. The van der Waals surface area contributed by atoms with Gasteiger partial charge in [-0.3, -0.25) is 9.63 Å². The van der Waals surface area contributed by atoms with Gasteiger partial charge >= 0.3 is 0 Å². The van der Waals surface area contributed by atoms with Crippen molar-refractivity contribution in [2.45, 2.75) is 24.0 Å². The van der Waals surface area contributed by atoms with E-state index in [4.69, 9.17) is 4.84 Å². The summed E-state index contributed by atoms with van der Waals surface area (Å²) in [5.74, 6) is 3.88. The zero-order valence-corrected chi connectivity index (χ0v) is 16.7. The third-order valence-electron chi connectivity index (χ3n) is 4.50. The third kappa shape index (κ3) is 5.29. The summed E-state index contributed by atoms with van der Waals surface area (Å²) in [5.41, 5.74) is 2.63. The lowest BCUT2D eigenvalue weighted by atomic mass is 10.1. The van der Waals surface area contributed by atoms with Crippen LogP contribution in [0.4, 0.5) is 0 Å². The number of carbonyl (C=O) groups is 1. The Bertz CT molecular complexity index is 681. The molecule has 2 aromatic carbocycles. The molecular formula is C21H25NO2S2. The second-order valence-corrected chi connectivity index (χ2v) is 8.50. The summed E-state index contributed by atoms with van der Waals surface area (Å²) in [7, 11) is 1.60. The highest BCUT2D eigenvalue weighted by Gasteiger charge is 2.39. The van der Waals surface area contributed by atoms with E-state index in [9.17, 15) is 4.79 Å². The lowest BCUT2D eigenvalue weighted by Crippen LogP contribution is -2.34. The maximum Gasteiger partial charge on any atom is 0.250 e. The van der Waals surface area contributed by atoms with E-state index in [1.165, 1.54) is 11.1 Å². The smallest absolute Gasteiger partial charge is 0.250 e. The first-order valence-electron chi connectivity index (χ1n) is 8.88. The van der Waals surface area contributed by atoms with Gasteiger partial charge in [-0.1, -0.05) is 60.7 Å². The van der Waals surface area contributed by atoms with Gasteiger partial charge in [0.05, 0.1) is 19.1 Å². The van der Waals surface area contributed by atoms with E-state index in [0.717, 1.165) is 29.4 Å². The first kappa shape index (κ1) is 19.3. The summed E-state index contributed by atoms with van der Waals surface area (Å²) in [6.07, 6.45) is 0.885. The summed E-state index contributed by atoms with van der Waals surface area (Å²) < 4.78 is 0. The summed E-state index contributed by atoms with van der Waals surface area (Å²) in [6, 6.07) is 21.0. The number of hydrogen-bond acceptors (Lipinski definition) is 4. The maximum absolute atomic E-state index is 12.6. The molecule has 1 aliphatic heterocycles. The van der Waals surface area contributed by atoms with Crippen LogP contribution < -0.4 is 0 Å². The predicted octanol–water partition coefficient (Wildman–Crippen LogP) is 4.63. The Morgan fingerprint density at radius 1 is 0.923 bits per heavy atom. The fourth-order valence-electron chi connectivity index (χ4n) is 3.18. The molecule has 1 aliphatic rings. The molecule has 1 amide bonds. The van der Waals surface area contributed by atoms with Gasteiger partial charge in [-0.15, -0.1) is 0 Å². The predicted molar refractivity (Wildman–Crippen MR) is 111 cm³/mol. The van der Waals surface area contributed by atoms with Crippen LogP contribution in [0.25, 0.3) is 0 Å². The fourth-order valence-corrected chi connectivity index (χ4v) is 5.38. The summed E-state index contributed by atoms with van der Waals surface area (Å²) in [6.45, 7) is 0. The molecule has 1 saturated heterocycles. The third-order valence-corrected chi connectivity index (χ3v) is 6.84. The van der Waals surface area contributed by atoms with Crippen LogP contribution in [0, 0.1) is 5.92 Å². The van der Waals surface area contributed by atoms with Gasteiger partial charge in [0.15, 0.2) is 0 Å². The van der Waals surface area contributed by atoms with E-state index in [0.29, 0.717) is 0 Å². The molecule has 138 valence electrons. The lowest BCUT2D eigenvalue weighted by Gasteiger charge is -2.21. The Balaban J connectivity index is 1.46. The molecule has 0 saturated carbocycles. The number of benzene rings is 2. The van der Waals surface area contributed by atoms with Crippen molar-refractivity contribution in [1.82, 2.24) is 5.06 Å². The molecule has 1 heterocycles. The van der Waals surface area contributed by atoms with Crippen LogP contribution in [0.2, 0.25) is 0 Å². The van der Waals surface area contributed by atoms with Crippen molar-refractivity contribution in [2.75, 3.05) is 18.6 Å². The first-order valence-corrected chi connectivity index (χ1v) is 11.2. The second-order valence-electron chi connectivity index (χ2n) is 6.43. The van der Waals surface area contributed by atoms with Gasteiger partial charge in [-0.25, -0.2) is 5.06 Å². The quantitative estimate of drug-likeness (QED) is 0.627.